The first-order chi connectivity index (χ1) is 5.52. The number of ether oxygens (including phenoxy) is 1. The van der Waals surface area contributed by atoms with E-state index in [2.05, 4.69) is 4.74 Å². The molecule has 0 spiro atoms. The van der Waals surface area contributed by atoms with Gasteiger partial charge in [0.15, 0.2) is 0 Å². The number of alkyl halides is 4. The van der Waals surface area contributed by atoms with Gasteiger partial charge in [-0.15, -0.1) is 8.78 Å². The molecule has 3 nitrogen and oxygen atoms in total. The Labute approximate surface area is 71.9 Å². The molecule has 0 aliphatic rings. The van der Waals surface area contributed by atoms with Crippen LogP contribution in [0.5, 0.6) is 0 Å². The molecule has 0 saturated carbocycles. The lowest BCUT2D eigenvalue weighted by atomic mass is 9.93. The van der Waals surface area contributed by atoms with Crippen molar-refractivity contribution in [3.8, 4) is 0 Å². The number of rotatable bonds is 4. The lowest BCUT2D eigenvalue weighted by Gasteiger charge is -2.32. The molecular formula is C6H10F4O3. The van der Waals surface area contributed by atoms with Gasteiger partial charge in [-0.3, -0.25) is 0 Å². The number of halogens is 4. The van der Waals surface area contributed by atoms with Crippen molar-refractivity contribution < 1.29 is 32.5 Å². The molecule has 0 aromatic heterocycles. The molecule has 0 aliphatic carbocycles. The van der Waals surface area contributed by atoms with Gasteiger partial charge in [0, 0.05) is 0 Å². The third kappa shape index (κ3) is 3.45. The summed E-state index contributed by atoms with van der Waals surface area (Å²) in [5, 5.41) is 16.1. The van der Waals surface area contributed by atoms with Gasteiger partial charge in [0.2, 0.25) is 0 Å². The highest BCUT2D eigenvalue weighted by atomic mass is 19.3. The van der Waals surface area contributed by atoms with Crippen molar-refractivity contribution in [3.05, 3.63) is 0 Å². The van der Waals surface area contributed by atoms with Gasteiger partial charge >= 0.3 is 12.4 Å². The van der Waals surface area contributed by atoms with Crippen molar-refractivity contribution in [3.63, 3.8) is 0 Å². The maximum atomic E-state index is 12.7. The van der Waals surface area contributed by atoms with E-state index in [1.54, 1.807) is 0 Å². The summed E-state index contributed by atoms with van der Waals surface area (Å²) >= 11 is 0. The highest BCUT2D eigenvalue weighted by molar-refractivity contribution is 4.77. The molecule has 0 heterocycles. The van der Waals surface area contributed by atoms with Gasteiger partial charge in [0.25, 0.3) is 0 Å². The molecule has 0 aromatic carbocycles. The second kappa shape index (κ2) is 3.39. The fourth-order valence-electron chi connectivity index (χ4n) is 0.384. The Balaban J connectivity index is 4.58. The molecular weight excluding hydrogens is 196 g/mol. The van der Waals surface area contributed by atoms with Gasteiger partial charge in [0.1, 0.15) is 0 Å². The topological polar surface area (TPSA) is 49.7 Å². The second-order valence-corrected chi connectivity index (χ2v) is 3.15. The van der Waals surface area contributed by atoms with Crippen LogP contribution in [0.3, 0.4) is 0 Å². The van der Waals surface area contributed by atoms with E-state index in [0.717, 1.165) is 13.8 Å². The largest absolute Gasteiger partial charge is 0.487 e. The summed E-state index contributed by atoms with van der Waals surface area (Å²) in [6.07, 6.45) is -9.24. The smallest absolute Gasteiger partial charge is 0.395 e. The van der Waals surface area contributed by atoms with Gasteiger partial charge in [0.05, 0.1) is 12.0 Å². The van der Waals surface area contributed by atoms with E-state index in [9.17, 15) is 17.6 Å². The van der Waals surface area contributed by atoms with E-state index >= 15 is 0 Å². The van der Waals surface area contributed by atoms with Crippen LogP contribution in [-0.2, 0) is 4.74 Å². The molecule has 7 heteroatoms. The van der Waals surface area contributed by atoms with Crippen LogP contribution < -0.4 is 0 Å². The predicted molar refractivity (Wildman–Crippen MR) is 34.1 cm³/mol. The monoisotopic (exact) mass is 206 g/mol. The maximum absolute atomic E-state index is 12.7. The first-order valence-electron chi connectivity index (χ1n) is 3.31. The normalized spacial score (nSPS) is 14.8. The Morgan fingerprint density at radius 3 is 1.77 bits per heavy atom. The Kier molecular flexibility index (Phi) is 3.29. The summed E-state index contributed by atoms with van der Waals surface area (Å²) in [4.78, 5) is 0. The van der Waals surface area contributed by atoms with E-state index in [0.29, 0.717) is 0 Å². The fraction of sp³-hybridized carbons (Fsp3) is 1.00. The maximum Gasteiger partial charge on any atom is 0.487 e. The molecule has 0 unspecified atom stereocenters. The van der Waals surface area contributed by atoms with Gasteiger partial charge < -0.3 is 10.2 Å². The molecule has 0 atom stereocenters. The average molecular weight is 206 g/mol. The Bertz CT molecular complexity index is 175. The summed E-state index contributed by atoms with van der Waals surface area (Å²) in [6.45, 7) is 0.577. The molecule has 2 N–H and O–H groups in total. The highest BCUT2D eigenvalue weighted by Gasteiger charge is 2.54. The number of hydrogen-bond acceptors (Lipinski definition) is 3. The average Bonchev–Trinajstić information content (AvgIpc) is 1.81. The van der Waals surface area contributed by atoms with Crippen LogP contribution in [0.25, 0.3) is 0 Å². The van der Waals surface area contributed by atoms with Crippen molar-refractivity contribution in [2.45, 2.75) is 26.3 Å². The zero-order chi connectivity index (χ0) is 10.9. The molecule has 0 aromatic rings. The zero-order valence-electron chi connectivity index (χ0n) is 7.02. The van der Waals surface area contributed by atoms with Gasteiger partial charge in [-0.05, 0) is 13.8 Å². The lowest BCUT2D eigenvalue weighted by molar-refractivity contribution is -0.475. The van der Waals surface area contributed by atoms with Crippen LogP contribution in [0.2, 0.25) is 0 Å². The summed E-state index contributed by atoms with van der Waals surface area (Å²) in [6, 6.07) is 0. The Morgan fingerprint density at radius 1 is 1.15 bits per heavy atom. The number of hydrogen-bond donors (Lipinski definition) is 2. The molecule has 0 fully saturated rings. The van der Waals surface area contributed by atoms with Gasteiger partial charge in [-0.1, -0.05) is 0 Å². The third-order valence-corrected chi connectivity index (χ3v) is 1.43. The summed E-state index contributed by atoms with van der Waals surface area (Å²) in [5.74, 6) is 0. The molecule has 0 rings (SSSR count). The standard InChI is InChI=1S/C6H10F4O3/c1-4(2,3-11)5(7,8)13-6(9,10)12/h11-12H,3H2,1-2H3. The Hall–Kier alpha value is -0.400. The van der Waals surface area contributed by atoms with Crippen LogP contribution in [0.4, 0.5) is 17.6 Å². The summed E-state index contributed by atoms with van der Waals surface area (Å²) < 4.78 is 51.5. The van der Waals surface area contributed by atoms with Gasteiger partial charge in [-0.2, -0.15) is 8.78 Å². The third-order valence-electron chi connectivity index (χ3n) is 1.43. The van der Waals surface area contributed by atoms with E-state index in [-0.39, 0.29) is 0 Å². The predicted octanol–water partition coefficient (Wildman–Crippen LogP) is 1.16. The van der Waals surface area contributed by atoms with Crippen LogP contribution >= 0.6 is 0 Å². The van der Waals surface area contributed by atoms with Crippen molar-refractivity contribution in [1.82, 2.24) is 0 Å². The highest BCUT2D eigenvalue weighted by Crippen LogP contribution is 2.39. The first kappa shape index (κ1) is 12.6. The molecule has 0 radical (unpaired) electrons. The quantitative estimate of drug-likeness (QED) is 0.536. The van der Waals surface area contributed by atoms with Crippen molar-refractivity contribution in [1.29, 1.82) is 0 Å². The van der Waals surface area contributed by atoms with Crippen molar-refractivity contribution >= 4 is 0 Å². The minimum atomic E-state index is -4.92. The van der Waals surface area contributed by atoms with E-state index < -0.39 is 24.4 Å². The minimum absolute atomic E-state index is 0.818. The molecule has 0 aliphatic heterocycles. The van der Waals surface area contributed by atoms with E-state index in [4.69, 9.17) is 10.2 Å². The van der Waals surface area contributed by atoms with E-state index in [1.807, 2.05) is 0 Å². The fourth-order valence-corrected chi connectivity index (χ4v) is 0.384. The van der Waals surface area contributed by atoms with Crippen LogP contribution in [0.1, 0.15) is 13.8 Å². The first-order valence-corrected chi connectivity index (χ1v) is 3.31. The van der Waals surface area contributed by atoms with Crippen molar-refractivity contribution in [2.75, 3.05) is 6.61 Å². The number of aliphatic hydroxyl groups excluding tert-OH is 1. The van der Waals surface area contributed by atoms with Crippen LogP contribution in [0, 0.1) is 5.41 Å². The molecule has 0 saturated heterocycles. The SMILES string of the molecule is CC(C)(CO)C(F)(F)OC(O)(F)F. The molecule has 0 amide bonds. The molecule has 80 valence electrons. The van der Waals surface area contributed by atoms with Crippen LogP contribution in [-0.4, -0.2) is 29.2 Å². The Morgan fingerprint density at radius 2 is 1.54 bits per heavy atom. The summed E-state index contributed by atoms with van der Waals surface area (Å²) in [7, 11) is 0. The molecule has 13 heavy (non-hydrogen) atoms. The van der Waals surface area contributed by atoms with Crippen LogP contribution in [0.15, 0.2) is 0 Å². The number of aliphatic hydroxyl groups is 2. The van der Waals surface area contributed by atoms with E-state index in [1.165, 1.54) is 0 Å². The minimum Gasteiger partial charge on any atom is -0.395 e. The summed E-state index contributed by atoms with van der Waals surface area (Å²) in [5.41, 5.74) is -2.20. The van der Waals surface area contributed by atoms with Crippen molar-refractivity contribution in [2.24, 2.45) is 5.41 Å². The lowest BCUT2D eigenvalue weighted by Crippen LogP contribution is -2.46. The second-order valence-electron chi connectivity index (χ2n) is 3.15. The molecule has 0 bridgehead atoms. The zero-order valence-corrected chi connectivity index (χ0v) is 7.02. The van der Waals surface area contributed by atoms with Gasteiger partial charge in [-0.25, -0.2) is 4.74 Å².